The average Bonchev–Trinajstić information content (AvgIpc) is 2.70. The Morgan fingerprint density at radius 2 is 2.44 bits per heavy atom. The van der Waals surface area contributed by atoms with Crippen LogP contribution in [-0.2, 0) is 11.2 Å². The highest BCUT2D eigenvalue weighted by Gasteiger charge is 2.27. The summed E-state index contributed by atoms with van der Waals surface area (Å²) in [5.41, 5.74) is 13.2. The van der Waals surface area contributed by atoms with Gasteiger partial charge >= 0.3 is 0 Å². The number of aromatic nitrogens is 1. The molecule has 1 unspecified atom stereocenters. The molecule has 6 heteroatoms. The summed E-state index contributed by atoms with van der Waals surface area (Å²) in [6.07, 6.45) is 1.52. The van der Waals surface area contributed by atoms with Gasteiger partial charge in [-0.05, 0) is 31.4 Å². The van der Waals surface area contributed by atoms with E-state index in [-0.39, 0.29) is 17.8 Å². The number of nitrogen functional groups attached to an aromatic ring is 1. The van der Waals surface area contributed by atoms with E-state index >= 15 is 0 Å². The highest BCUT2D eigenvalue weighted by molar-refractivity contribution is 5.81. The monoisotopic (exact) mass is 245 g/mol. The first-order chi connectivity index (χ1) is 8.52. The number of anilines is 1. The molecule has 2 atom stereocenters. The third-order valence-electron chi connectivity index (χ3n) is 3.04. The Kier molecular flexibility index (Phi) is 3.17. The summed E-state index contributed by atoms with van der Waals surface area (Å²) < 4.78 is 0. The van der Waals surface area contributed by atoms with E-state index in [0.717, 1.165) is 24.1 Å². The van der Waals surface area contributed by atoms with Gasteiger partial charge < -0.3 is 16.8 Å². The molecular formula is C12H15N5O. The average molecular weight is 245 g/mol. The molecule has 0 spiro atoms. The predicted octanol–water partition coefficient (Wildman–Crippen LogP) is 0.665. The fourth-order valence-corrected chi connectivity index (χ4v) is 2.05. The van der Waals surface area contributed by atoms with Crippen molar-refractivity contribution in [1.29, 1.82) is 0 Å². The van der Waals surface area contributed by atoms with Gasteiger partial charge in [0.1, 0.15) is 5.82 Å². The normalized spacial score (nSPS) is 18.8. The number of carbonyl (C=O) groups is 1. The van der Waals surface area contributed by atoms with Crippen molar-refractivity contribution in [2.45, 2.75) is 31.8 Å². The van der Waals surface area contributed by atoms with Crippen LogP contribution < -0.4 is 16.8 Å². The predicted molar refractivity (Wildman–Crippen MR) is 67.8 cm³/mol. The molecule has 0 fully saturated rings. The van der Waals surface area contributed by atoms with Crippen LogP contribution in [0.5, 0.6) is 0 Å². The number of nitrogens with one attached hydrogen (secondary N) is 1. The number of amides is 1. The molecule has 0 aromatic carbocycles. The molecule has 0 radical (unpaired) electrons. The minimum Gasteiger partial charge on any atom is -0.392 e. The number of nitrogens with zero attached hydrogens (tertiary/aromatic N) is 2. The Bertz CT molecular complexity index is 532. The highest BCUT2D eigenvalue weighted by atomic mass is 16.2. The van der Waals surface area contributed by atoms with Gasteiger partial charge in [0.2, 0.25) is 11.6 Å². The number of pyridine rings is 1. The zero-order valence-corrected chi connectivity index (χ0v) is 10.1. The van der Waals surface area contributed by atoms with E-state index in [1.165, 1.54) is 0 Å². The molecule has 2 rings (SSSR count). The second-order valence-electron chi connectivity index (χ2n) is 4.43. The Balaban J connectivity index is 2.28. The lowest BCUT2D eigenvalue weighted by Gasteiger charge is -2.16. The molecule has 0 saturated heterocycles. The smallest absolute Gasteiger partial charge is 0.237 e. The maximum Gasteiger partial charge on any atom is 0.237 e. The zero-order chi connectivity index (χ0) is 13.3. The summed E-state index contributed by atoms with van der Waals surface area (Å²) >= 11 is 0. The number of rotatable bonds is 2. The second kappa shape index (κ2) is 4.63. The molecule has 0 bridgehead atoms. The number of carbonyl (C=O) groups excluding carboxylic acids is 1. The lowest BCUT2D eigenvalue weighted by Crippen LogP contribution is -2.39. The zero-order valence-electron chi connectivity index (χ0n) is 10.1. The third kappa shape index (κ3) is 2.13. The molecule has 1 aromatic heterocycles. The molecule has 0 saturated carbocycles. The van der Waals surface area contributed by atoms with E-state index in [1.807, 2.05) is 0 Å². The number of fused-ring (bicyclic) bond motifs is 1. The number of hydrogen-bond donors (Lipinski definition) is 3. The Morgan fingerprint density at radius 1 is 1.72 bits per heavy atom. The summed E-state index contributed by atoms with van der Waals surface area (Å²) in [5, 5.41) is 2.86. The molecule has 1 amide bonds. The lowest BCUT2D eigenvalue weighted by molar-refractivity contribution is -0.122. The van der Waals surface area contributed by atoms with E-state index < -0.39 is 6.04 Å². The van der Waals surface area contributed by atoms with E-state index in [1.54, 1.807) is 13.0 Å². The summed E-state index contributed by atoms with van der Waals surface area (Å²) in [5.74, 6) is 0.0527. The fraction of sp³-hybridized carbons (Fsp3) is 0.417. The van der Waals surface area contributed by atoms with E-state index in [4.69, 9.17) is 18.0 Å². The van der Waals surface area contributed by atoms with E-state index in [2.05, 4.69) is 15.1 Å². The number of hydrogen-bond acceptors (Lipinski definition) is 4. The van der Waals surface area contributed by atoms with Gasteiger partial charge in [0, 0.05) is 5.69 Å². The Hall–Kier alpha value is -2.13. The van der Waals surface area contributed by atoms with Crippen molar-refractivity contribution in [1.82, 2.24) is 10.3 Å². The van der Waals surface area contributed by atoms with Crippen LogP contribution >= 0.6 is 0 Å². The quantitative estimate of drug-likeness (QED) is 0.667. The van der Waals surface area contributed by atoms with Crippen LogP contribution in [0.25, 0.3) is 4.85 Å². The first-order valence-electron chi connectivity index (χ1n) is 5.75. The van der Waals surface area contributed by atoms with Crippen LogP contribution in [0.4, 0.5) is 11.5 Å². The van der Waals surface area contributed by atoms with Crippen LogP contribution in [-0.4, -0.2) is 16.9 Å². The van der Waals surface area contributed by atoms with Crippen LogP contribution in [0.3, 0.4) is 0 Å². The van der Waals surface area contributed by atoms with Gasteiger partial charge in [-0.2, -0.15) is 0 Å². The molecule has 6 nitrogen and oxygen atoms in total. The highest BCUT2D eigenvalue weighted by Crippen LogP contribution is 2.34. The van der Waals surface area contributed by atoms with Crippen molar-refractivity contribution in [3.8, 4) is 0 Å². The van der Waals surface area contributed by atoms with Gasteiger partial charge in [-0.3, -0.25) is 4.79 Å². The van der Waals surface area contributed by atoms with Crippen molar-refractivity contribution in [3.63, 3.8) is 0 Å². The van der Waals surface area contributed by atoms with Crippen LogP contribution in [0.1, 0.15) is 30.6 Å². The Morgan fingerprint density at radius 3 is 3.06 bits per heavy atom. The molecule has 5 N–H and O–H groups in total. The third-order valence-corrected chi connectivity index (χ3v) is 3.04. The first-order valence-corrected chi connectivity index (χ1v) is 5.75. The molecule has 1 heterocycles. The lowest BCUT2D eigenvalue weighted by atomic mass is 10.1. The SMILES string of the molecule is [C-]#[N+]c1cc2c(nc1N)CCC2NC(=O)[C@H](C)N. The maximum absolute atomic E-state index is 11.6. The minimum atomic E-state index is -0.545. The van der Waals surface area contributed by atoms with Crippen LogP contribution in [0, 0.1) is 6.57 Å². The van der Waals surface area contributed by atoms with Gasteiger partial charge in [0.25, 0.3) is 0 Å². The largest absolute Gasteiger partial charge is 0.392 e. The van der Waals surface area contributed by atoms with Crippen molar-refractivity contribution in [2.75, 3.05) is 5.73 Å². The molecule has 1 aromatic rings. The fourth-order valence-electron chi connectivity index (χ4n) is 2.05. The topological polar surface area (TPSA) is 98.4 Å². The van der Waals surface area contributed by atoms with Gasteiger partial charge in [0.05, 0.1) is 18.7 Å². The van der Waals surface area contributed by atoms with Crippen molar-refractivity contribution in [3.05, 3.63) is 28.7 Å². The van der Waals surface area contributed by atoms with Gasteiger partial charge in [-0.15, -0.1) is 0 Å². The van der Waals surface area contributed by atoms with E-state index in [0.29, 0.717) is 5.69 Å². The van der Waals surface area contributed by atoms with Gasteiger partial charge in [0.15, 0.2) is 0 Å². The summed E-state index contributed by atoms with van der Waals surface area (Å²) in [6, 6.07) is 1.05. The van der Waals surface area contributed by atoms with Crippen molar-refractivity contribution in [2.24, 2.45) is 5.73 Å². The maximum atomic E-state index is 11.6. The molecule has 94 valence electrons. The van der Waals surface area contributed by atoms with Gasteiger partial charge in [-0.25, -0.2) is 9.83 Å². The van der Waals surface area contributed by atoms with Crippen molar-refractivity contribution < 1.29 is 4.79 Å². The Labute approximate surface area is 105 Å². The molecule has 1 aliphatic rings. The number of nitrogens with two attached hydrogens (primary N) is 2. The number of aryl methyl sites for hydroxylation is 1. The minimum absolute atomic E-state index is 0.118. The van der Waals surface area contributed by atoms with Crippen LogP contribution in [0.15, 0.2) is 6.07 Å². The summed E-state index contributed by atoms with van der Waals surface area (Å²) in [4.78, 5) is 19.1. The van der Waals surface area contributed by atoms with Crippen molar-refractivity contribution >= 4 is 17.4 Å². The summed E-state index contributed by atoms with van der Waals surface area (Å²) in [6.45, 7) is 8.66. The standard InChI is InChI=1S/C12H15N5O/c1-6(13)12(18)17-9-4-3-8-7(9)5-10(15-2)11(14)16-8/h5-6,9H,3-4,13H2,1H3,(H2,14,16)(H,17,18)/t6-,9?/m0/s1. The first kappa shape index (κ1) is 12.3. The van der Waals surface area contributed by atoms with Crippen LogP contribution in [0.2, 0.25) is 0 Å². The van der Waals surface area contributed by atoms with E-state index in [9.17, 15) is 4.79 Å². The molecule has 1 aliphatic carbocycles. The molecule has 0 aliphatic heterocycles. The molecular weight excluding hydrogens is 230 g/mol. The second-order valence-corrected chi connectivity index (χ2v) is 4.43. The summed E-state index contributed by atoms with van der Waals surface area (Å²) in [7, 11) is 0. The van der Waals surface area contributed by atoms with Gasteiger partial charge in [-0.1, -0.05) is 0 Å². The molecule has 18 heavy (non-hydrogen) atoms.